The molecular weight excluding hydrogens is 367 g/mol. The Bertz CT molecular complexity index is 838. The number of halogens is 4. The highest BCUT2D eigenvalue weighted by Gasteiger charge is 2.31. The number of nitro groups is 1. The molecule has 0 aliphatic heterocycles. The number of carbonyl (C=O) groups excluding carboxylic acids is 1. The van der Waals surface area contributed by atoms with Crippen LogP contribution in [0.2, 0.25) is 5.02 Å². The number of non-ortho nitro benzene ring substituents is 1. The second-order valence-corrected chi connectivity index (χ2v) is 5.17. The van der Waals surface area contributed by atoms with Crippen molar-refractivity contribution in [2.45, 2.75) is 6.36 Å². The van der Waals surface area contributed by atoms with Crippen LogP contribution in [0.15, 0.2) is 36.4 Å². The van der Waals surface area contributed by atoms with Gasteiger partial charge in [-0.05, 0) is 18.2 Å². The number of ether oxygens (including phenoxy) is 2. The van der Waals surface area contributed by atoms with Gasteiger partial charge in [-0.1, -0.05) is 11.6 Å². The molecule has 2 aromatic carbocycles. The Kier molecular flexibility index (Phi) is 5.17. The van der Waals surface area contributed by atoms with Gasteiger partial charge in [0.25, 0.3) is 5.69 Å². The Morgan fingerprint density at radius 1 is 1.08 bits per heavy atom. The molecule has 0 bridgehead atoms. The Hall–Kier alpha value is -2.81. The van der Waals surface area contributed by atoms with Crippen molar-refractivity contribution in [3.8, 4) is 11.5 Å². The van der Waals surface area contributed by atoms with E-state index in [1.165, 1.54) is 19.2 Å². The lowest BCUT2D eigenvalue weighted by molar-refractivity contribution is -0.384. The molecule has 0 heterocycles. The largest absolute Gasteiger partial charge is 0.573 e. The molecule has 0 aliphatic carbocycles. The summed E-state index contributed by atoms with van der Waals surface area (Å²) >= 11 is 5.75. The van der Waals surface area contributed by atoms with Crippen LogP contribution < -0.4 is 9.47 Å². The van der Waals surface area contributed by atoms with Crippen LogP contribution in [0.25, 0.3) is 0 Å². The normalized spacial score (nSPS) is 11.1. The first-order chi connectivity index (χ1) is 11.6. The molecule has 25 heavy (non-hydrogen) atoms. The molecule has 0 spiro atoms. The SMILES string of the molecule is COc1cc(OC(F)(F)F)cc(C(=O)c2cc(Cl)cc([N+](=O)[O-])c2)c1. The topological polar surface area (TPSA) is 78.7 Å². The Balaban J connectivity index is 2.48. The van der Waals surface area contributed by atoms with E-state index in [1.54, 1.807) is 0 Å². The van der Waals surface area contributed by atoms with Crippen molar-refractivity contribution in [3.63, 3.8) is 0 Å². The summed E-state index contributed by atoms with van der Waals surface area (Å²) in [5.41, 5.74) is -0.800. The van der Waals surface area contributed by atoms with Crippen molar-refractivity contribution in [2.24, 2.45) is 0 Å². The summed E-state index contributed by atoms with van der Waals surface area (Å²) in [4.78, 5) is 22.6. The van der Waals surface area contributed by atoms with Gasteiger partial charge in [0, 0.05) is 34.3 Å². The quantitative estimate of drug-likeness (QED) is 0.440. The maximum absolute atomic E-state index is 12.5. The number of hydrogen-bond acceptors (Lipinski definition) is 5. The van der Waals surface area contributed by atoms with E-state index in [0.29, 0.717) is 0 Å². The molecule has 0 N–H and O–H groups in total. The summed E-state index contributed by atoms with van der Waals surface area (Å²) in [5.74, 6) is -1.50. The fourth-order valence-electron chi connectivity index (χ4n) is 1.99. The van der Waals surface area contributed by atoms with Crippen LogP contribution in [0, 0.1) is 10.1 Å². The van der Waals surface area contributed by atoms with Gasteiger partial charge in [-0.2, -0.15) is 0 Å². The van der Waals surface area contributed by atoms with Gasteiger partial charge >= 0.3 is 6.36 Å². The van der Waals surface area contributed by atoms with Gasteiger partial charge in [0.1, 0.15) is 11.5 Å². The van der Waals surface area contributed by atoms with Crippen molar-refractivity contribution in [2.75, 3.05) is 7.11 Å². The van der Waals surface area contributed by atoms with Crippen molar-refractivity contribution < 1.29 is 32.4 Å². The maximum Gasteiger partial charge on any atom is 0.573 e. The number of nitrogens with zero attached hydrogens (tertiary/aromatic N) is 1. The first-order valence-electron chi connectivity index (χ1n) is 6.53. The highest BCUT2D eigenvalue weighted by Crippen LogP contribution is 2.30. The number of rotatable bonds is 5. The summed E-state index contributed by atoms with van der Waals surface area (Å²) in [7, 11) is 1.20. The van der Waals surface area contributed by atoms with Gasteiger partial charge in [0.15, 0.2) is 5.78 Å². The van der Waals surface area contributed by atoms with Gasteiger partial charge in [-0.3, -0.25) is 14.9 Å². The first kappa shape index (κ1) is 18.5. The first-order valence-corrected chi connectivity index (χ1v) is 6.91. The average Bonchev–Trinajstić information content (AvgIpc) is 2.51. The van der Waals surface area contributed by atoms with Gasteiger partial charge in [-0.15, -0.1) is 13.2 Å². The van der Waals surface area contributed by atoms with Gasteiger partial charge in [0.2, 0.25) is 0 Å². The molecule has 0 fully saturated rings. The molecule has 0 amide bonds. The number of alkyl halides is 3. The molecule has 0 aromatic heterocycles. The molecule has 2 aromatic rings. The molecule has 0 aliphatic rings. The number of carbonyl (C=O) groups is 1. The lowest BCUT2D eigenvalue weighted by atomic mass is 10.0. The zero-order valence-corrected chi connectivity index (χ0v) is 13.2. The molecule has 10 heteroatoms. The van der Waals surface area contributed by atoms with E-state index in [2.05, 4.69) is 4.74 Å². The standard InChI is InChI=1S/C15H9ClF3NO5/c1-24-12-4-9(5-13(7-12)25-15(17,18)19)14(21)8-2-10(16)6-11(3-8)20(22)23/h2-7H,1H3. The Labute approximate surface area is 143 Å². The van der Waals surface area contributed by atoms with Gasteiger partial charge in [0.05, 0.1) is 12.0 Å². The summed E-state index contributed by atoms with van der Waals surface area (Å²) in [6, 6.07) is 6.16. The minimum Gasteiger partial charge on any atom is -0.497 e. The van der Waals surface area contributed by atoms with Crippen molar-refractivity contribution in [1.82, 2.24) is 0 Å². The third kappa shape index (κ3) is 4.83. The van der Waals surface area contributed by atoms with Gasteiger partial charge < -0.3 is 9.47 Å². The average molecular weight is 376 g/mol. The lowest BCUT2D eigenvalue weighted by Gasteiger charge is -2.12. The van der Waals surface area contributed by atoms with Crippen LogP contribution in [-0.4, -0.2) is 24.2 Å². The Morgan fingerprint density at radius 2 is 1.68 bits per heavy atom. The number of nitro benzene ring substituents is 1. The van der Waals surface area contributed by atoms with Gasteiger partial charge in [-0.25, -0.2) is 0 Å². The summed E-state index contributed by atoms with van der Waals surface area (Å²) in [5, 5.41) is 10.8. The number of hydrogen-bond donors (Lipinski definition) is 0. The van der Waals surface area contributed by atoms with E-state index in [9.17, 15) is 28.1 Å². The predicted octanol–water partition coefficient (Wildman–Crippen LogP) is 4.39. The summed E-state index contributed by atoms with van der Waals surface area (Å²) < 4.78 is 45.8. The smallest absolute Gasteiger partial charge is 0.497 e. The highest BCUT2D eigenvalue weighted by atomic mass is 35.5. The molecule has 6 nitrogen and oxygen atoms in total. The predicted molar refractivity (Wildman–Crippen MR) is 81.2 cm³/mol. The lowest BCUT2D eigenvalue weighted by Crippen LogP contribution is -2.17. The fourth-order valence-corrected chi connectivity index (χ4v) is 2.22. The summed E-state index contributed by atoms with van der Waals surface area (Å²) in [6.45, 7) is 0. The molecule has 0 unspecified atom stereocenters. The van der Waals surface area contributed by atoms with E-state index in [-0.39, 0.29) is 21.9 Å². The highest BCUT2D eigenvalue weighted by molar-refractivity contribution is 6.31. The minimum absolute atomic E-state index is 0.0540. The second kappa shape index (κ2) is 6.98. The van der Waals surface area contributed by atoms with Crippen LogP contribution in [0.3, 0.4) is 0 Å². The molecule has 0 saturated carbocycles. The molecule has 0 saturated heterocycles. The van der Waals surface area contributed by atoms with Crippen molar-refractivity contribution >= 4 is 23.1 Å². The number of ketones is 1. The van der Waals surface area contributed by atoms with Crippen molar-refractivity contribution in [1.29, 1.82) is 0 Å². The monoisotopic (exact) mass is 375 g/mol. The minimum atomic E-state index is -4.96. The zero-order chi connectivity index (χ0) is 18.8. The van der Waals surface area contributed by atoms with Crippen LogP contribution >= 0.6 is 11.6 Å². The zero-order valence-electron chi connectivity index (χ0n) is 12.5. The van der Waals surface area contributed by atoms with Crippen molar-refractivity contribution in [3.05, 3.63) is 62.7 Å². The number of benzene rings is 2. The van der Waals surface area contributed by atoms with E-state index in [0.717, 1.165) is 24.3 Å². The van der Waals surface area contributed by atoms with Crippen LogP contribution in [0.1, 0.15) is 15.9 Å². The van der Waals surface area contributed by atoms with Crippen LogP contribution in [0.5, 0.6) is 11.5 Å². The third-order valence-corrected chi connectivity index (χ3v) is 3.19. The second-order valence-electron chi connectivity index (χ2n) is 4.73. The van der Waals surface area contributed by atoms with Crippen LogP contribution in [-0.2, 0) is 0 Å². The number of methoxy groups -OCH3 is 1. The fraction of sp³-hybridized carbons (Fsp3) is 0.133. The molecule has 2 rings (SSSR count). The summed E-state index contributed by atoms with van der Waals surface area (Å²) in [6.07, 6.45) is -4.96. The molecule has 0 atom stereocenters. The van der Waals surface area contributed by atoms with E-state index in [1.807, 2.05) is 0 Å². The van der Waals surface area contributed by atoms with Crippen LogP contribution in [0.4, 0.5) is 18.9 Å². The van der Waals surface area contributed by atoms with E-state index in [4.69, 9.17) is 16.3 Å². The maximum atomic E-state index is 12.5. The molecule has 0 radical (unpaired) electrons. The molecular formula is C15H9ClF3NO5. The Morgan fingerprint density at radius 3 is 2.24 bits per heavy atom. The molecule has 132 valence electrons. The third-order valence-electron chi connectivity index (χ3n) is 2.97. The van der Waals surface area contributed by atoms with E-state index < -0.39 is 28.5 Å². The van der Waals surface area contributed by atoms with E-state index >= 15 is 0 Å².